The first-order valence-corrected chi connectivity index (χ1v) is 11.3. The molecule has 3 heterocycles. The van der Waals surface area contributed by atoms with Gasteiger partial charge in [-0.1, -0.05) is 0 Å². The Balaban J connectivity index is 1.74. The minimum Gasteiger partial charge on any atom is -0.507 e. The van der Waals surface area contributed by atoms with Gasteiger partial charge in [-0.3, -0.25) is 19.5 Å². The van der Waals surface area contributed by atoms with Crippen molar-refractivity contribution in [2.45, 2.75) is 12.5 Å². The van der Waals surface area contributed by atoms with E-state index in [0.717, 1.165) is 19.6 Å². The Morgan fingerprint density at radius 3 is 2.50 bits per heavy atom. The molecule has 0 saturated carbocycles. The molecule has 2 saturated heterocycles. The maximum absolute atomic E-state index is 13.2. The highest BCUT2D eigenvalue weighted by Crippen LogP contribution is 2.43. The molecule has 2 aliphatic rings. The molecule has 34 heavy (non-hydrogen) atoms. The summed E-state index contributed by atoms with van der Waals surface area (Å²) in [6.07, 6.45) is 3.72. The van der Waals surface area contributed by atoms with Crippen LogP contribution in [0.15, 0.2) is 48.3 Å². The summed E-state index contributed by atoms with van der Waals surface area (Å²) in [5.74, 6) is -0.570. The Kier molecular flexibility index (Phi) is 7.44. The van der Waals surface area contributed by atoms with Crippen LogP contribution in [-0.2, 0) is 14.3 Å². The summed E-state index contributed by atoms with van der Waals surface area (Å²) in [4.78, 5) is 34.2. The summed E-state index contributed by atoms with van der Waals surface area (Å²) in [6.45, 7) is 4.19. The lowest BCUT2D eigenvalue weighted by molar-refractivity contribution is -0.140. The first-order chi connectivity index (χ1) is 16.5. The number of nitrogens with zero attached hydrogens (tertiary/aromatic N) is 3. The third-order valence-corrected chi connectivity index (χ3v) is 6.20. The monoisotopic (exact) mass is 467 g/mol. The largest absolute Gasteiger partial charge is 0.507 e. The number of Topliss-reactive ketones (excluding diaryl/α,β-unsaturated/α-hetero) is 1. The van der Waals surface area contributed by atoms with E-state index in [1.165, 1.54) is 24.4 Å². The Morgan fingerprint density at radius 2 is 1.82 bits per heavy atom. The fourth-order valence-electron chi connectivity index (χ4n) is 4.44. The van der Waals surface area contributed by atoms with E-state index in [-0.39, 0.29) is 11.3 Å². The second-order valence-corrected chi connectivity index (χ2v) is 8.14. The Bertz CT molecular complexity index is 1070. The second kappa shape index (κ2) is 10.7. The molecule has 1 aromatic carbocycles. The van der Waals surface area contributed by atoms with Gasteiger partial charge in [0.1, 0.15) is 17.3 Å². The molecule has 0 bridgehead atoms. The van der Waals surface area contributed by atoms with Crippen LogP contribution >= 0.6 is 0 Å². The average molecular weight is 468 g/mol. The van der Waals surface area contributed by atoms with Crippen molar-refractivity contribution in [2.24, 2.45) is 0 Å². The normalized spacial score (nSPS) is 20.5. The van der Waals surface area contributed by atoms with E-state index in [1.807, 2.05) is 0 Å². The van der Waals surface area contributed by atoms with Gasteiger partial charge >= 0.3 is 0 Å². The lowest BCUT2D eigenvalue weighted by atomic mass is 9.94. The molecule has 1 atom stereocenters. The number of hydrogen-bond acceptors (Lipinski definition) is 8. The summed E-state index contributed by atoms with van der Waals surface area (Å²) in [5.41, 5.74) is 1.00. The van der Waals surface area contributed by atoms with Crippen molar-refractivity contribution < 1.29 is 28.9 Å². The van der Waals surface area contributed by atoms with E-state index in [0.29, 0.717) is 48.8 Å². The highest BCUT2D eigenvalue weighted by molar-refractivity contribution is 6.46. The van der Waals surface area contributed by atoms with Gasteiger partial charge < -0.3 is 24.2 Å². The summed E-state index contributed by atoms with van der Waals surface area (Å²) in [5, 5.41) is 11.1. The quantitative estimate of drug-likeness (QED) is 0.358. The maximum Gasteiger partial charge on any atom is 0.295 e. The van der Waals surface area contributed by atoms with Gasteiger partial charge in [0.15, 0.2) is 0 Å². The Hall–Kier alpha value is -3.43. The smallest absolute Gasteiger partial charge is 0.295 e. The number of rotatable bonds is 8. The molecule has 2 aliphatic heterocycles. The summed E-state index contributed by atoms with van der Waals surface area (Å²) in [7, 11) is 3.07. The molecule has 1 N–H and O–H groups in total. The number of likely N-dealkylation sites (tertiary alicyclic amines) is 1. The fourth-order valence-corrected chi connectivity index (χ4v) is 4.44. The number of morpholine rings is 1. The van der Waals surface area contributed by atoms with Crippen molar-refractivity contribution in [3.05, 3.63) is 59.4 Å². The Labute approximate surface area is 198 Å². The number of ketones is 1. The first kappa shape index (κ1) is 23.7. The SMILES string of the molecule is COc1ccc(OC)c([C@H]2C(=C(O)c3ccncc3)C(=O)C(=O)N2CCCN2CCOCC2)c1. The van der Waals surface area contributed by atoms with Crippen molar-refractivity contribution >= 4 is 17.4 Å². The van der Waals surface area contributed by atoms with Crippen LogP contribution in [-0.4, -0.2) is 85.2 Å². The van der Waals surface area contributed by atoms with Crippen molar-refractivity contribution in [1.29, 1.82) is 0 Å². The van der Waals surface area contributed by atoms with Crippen LogP contribution in [0.4, 0.5) is 0 Å². The standard InChI is InChI=1S/C25H29N3O6/c1-32-18-4-5-20(33-2)19(16-18)22-21(23(29)17-6-8-26-9-7-17)24(30)25(31)28(22)11-3-10-27-12-14-34-15-13-27/h4-9,16,22,29H,3,10-15H2,1-2H3/t22-/m0/s1. The third kappa shape index (κ3) is 4.76. The number of carbonyl (C=O) groups is 2. The highest BCUT2D eigenvalue weighted by Gasteiger charge is 2.47. The van der Waals surface area contributed by atoms with Crippen molar-refractivity contribution in [3.63, 3.8) is 0 Å². The number of benzene rings is 1. The lowest BCUT2D eigenvalue weighted by Crippen LogP contribution is -2.39. The molecule has 0 radical (unpaired) electrons. The molecular weight excluding hydrogens is 438 g/mol. The number of aliphatic hydroxyl groups is 1. The number of pyridine rings is 1. The van der Waals surface area contributed by atoms with Crippen LogP contribution in [0, 0.1) is 0 Å². The molecule has 2 aromatic rings. The zero-order valence-corrected chi connectivity index (χ0v) is 19.4. The number of aromatic nitrogens is 1. The predicted octanol–water partition coefficient (Wildman–Crippen LogP) is 2.24. The van der Waals surface area contributed by atoms with Crippen LogP contribution in [0.5, 0.6) is 11.5 Å². The van der Waals surface area contributed by atoms with Crippen molar-refractivity contribution in [1.82, 2.24) is 14.8 Å². The molecular formula is C25H29N3O6. The van der Waals surface area contributed by atoms with E-state index in [2.05, 4.69) is 9.88 Å². The van der Waals surface area contributed by atoms with Gasteiger partial charge in [0.2, 0.25) is 0 Å². The molecule has 0 aliphatic carbocycles. The number of hydrogen-bond donors (Lipinski definition) is 1. The number of carbonyl (C=O) groups excluding carboxylic acids is 2. The molecule has 2 fully saturated rings. The topological polar surface area (TPSA) is 101 Å². The summed E-state index contributed by atoms with van der Waals surface area (Å²) in [6, 6.07) is 7.60. The van der Waals surface area contributed by atoms with Crippen molar-refractivity contribution in [2.75, 3.05) is 53.6 Å². The van der Waals surface area contributed by atoms with Crippen LogP contribution < -0.4 is 9.47 Å². The van der Waals surface area contributed by atoms with E-state index in [9.17, 15) is 14.7 Å². The zero-order chi connectivity index (χ0) is 24.1. The predicted molar refractivity (Wildman–Crippen MR) is 125 cm³/mol. The number of aliphatic hydroxyl groups excluding tert-OH is 1. The Morgan fingerprint density at radius 1 is 1.09 bits per heavy atom. The van der Waals surface area contributed by atoms with Gasteiger partial charge in [0.05, 0.1) is 39.0 Å². The molecule has 9 nitrogen and oxygen atoms in total. The van der Waals surface area contributed by atoms with E-state index < -0.39 is 17.7 Å². The van der Waals surface area contributed by atoms with Gasteiger partial charge in [0.25, 0.3) is 11.7 Å². The van der Waals surface area contributed by atoms with Gasteiger partial charge in [-0.2, -0.15) is 0 Å². The maximum atomic E-state index is 13.2. The van der Waals surface area contributed by atoms with Crippen LogP contribution in [0.3, 0.4) is 0 Å². The number of methoxy groups -OCH3 is 2. The van der Waals surface area contributed by atoms with Gasteiger partial charge in [-0.25, -0.2) is 0 Å². The van der Waals surface area contributed by atoms with Crippen molar-refractivity contribution in [3.8, 4) is 11.5 Å². The first-order valence-electron chi connectivity index (χ1n) is 11.3. The third-order valence-electron chi connectivity index (χ3n) is 6.20. The summed E-state index contributed by atoms with van der Waals surface area (Å²) >= 11 is 0. The van der Waals surface area contributed by atoms with Crippen LogP contribution in [0.25, 0.3) is 5.76 Å². The molecule has 0 unspecified atom stereocenters. The van der Waals surface area contributed by atoms with Crippen LogP contribution in [0.2, 0.25) is 0 Å². The molecule has 0 spiro atoms. The minimum atomic E-state index is -0.817. The van der Waals surface area contributed by atoms with Crippen LogP contribution in [0.1, 0.15) is 23.6 Å². The molecule has 1 amide bonds. The van der Waals surface area contributed by atoms with E-state index in [4.69, 9.17) is 14.2 Å². The van der Waals surface area contributed by atoms with Gasteiger partial charge in [0, 0.05) is 49.7 Å². The highest BCUT2D eigenvalue weighted by atomic mass is 16.5. The molecule has 4 rings (SSSR count). The number of amides is 1. The van der Waals surface area contributed by atoms with Gasteiger partial charge in [-0.15, -0.1) is 0 Å². The average Bonchev–Trinajstić information content (AvgIpc) is 3.14. The lowest BCUT2D eigenvalue weighted by Gasteiger charge is -2.29. The van der Waals surface area contributed by atoms with E-state index >= 15 is 0 Å². The molecule has 1 aromatic heterocycles. The zero-order valence-electron chi connectivity index (χ0n) is 19.4. The van der Waals surface area contributed by atoms with E-state index in [1.54, 1.807) is 37.4 Å². The van der Waals surface area contributed by atoms with Gasteiger partial charge in [-0.05, 0) is 36.8 Å². The fraction of sp³-hybridized carbons (Fsp3) is 0.400. The number of ether oxygens (including phenoxy) is 3. The molecule has 180 valence electrons. The second-order valence-electron chi connectivity index (χ2n) is 8.14. The minimum absolute atomic E-state index is 0.0223. The summed E-state index contributed by atoms with van der Waals surface area (Å²) < 4.78 is 16.4. The molecule has 9 heteroatoms.